The lowest BCUT2D eigenvalue weighted by Crippen LogP contribution is -2.00. The van der Waals surface area contributed by atoms with Crippen molar-refractivity contribution in [3.8, 4) is 0 Å². The highest BCUT2D eigenvalue weighted by atomic mass is 32.2. The number of hydrogen-bond donors (Lipinski definition) is 1. The molecule has 0 saturated heterocycles. The van der Waals surface area contributed by atoms with Gasteiger partial charge in [0.25, 0.3) is 10.1 Å². The Hall–Kier alpha value is -1.46. The van der Waals surface area contributed by atoms with Gasteiger partial charge in [0.1, 0.15) is 11.2 Å². The van der Waals surface area contributed by atoms with Gasteiger partial charge in [-0.05, 0) is 11.6 Å². The van der Waals surface area contributed by atoms with Gasteiger partial charge in [-0.15, -0.1) is 0 Å². The molecule has 1 rings (SSSR count). The summed E-state index contributed by atoms with van der Waals surface area (Å²) in [4.78, 5) is 9.90. The SMILES string of the molecule is O=CCC=Cc1ccccc1S(=O)(=O)O. The average molecular weight is 226 g/mol. The first-order chi connectivity index (χ1) is 7.05. The Balaban J connectivity index is 3.13. The third-order valence-corrected chi connectivity index (χ3v) is 2.65. The highest BCUT2D eigenvalue weighted by Gasteiger charge is 2.12. The summed E-state index contributed by atoms with van der Waals surface area (Å²) in [5, 5.41) is 0. The van der Waals surface area contributed by atoms with Gasteiger partial charge in [-0.3, -0.25) is 4.55 Å². The lowest BCUT2D eigenvalue weighted by molar-refractivity contribution is -0.107. The van der Waals surface area contributed by atoms with Crippen molar-refractivity contribution < 1.29 is 17.8 Å². The fourth-order valence-corrected chi connectivity index (χ4v) is 1.79. The van der Waals surface area contributed by atoms with Gasteiger partial charge >= 0.3 is 0 Å². The van der Waals surface area contributed by atoms with E-state index in [0.29, 0.717) is 11.8 Å². The maximum absolute atomic E-state index is 10.9. The maximum atomic E-state index is 10.9. The largest absolute Gasteiger partial charge is 0.303 e. The Labute approximate surface area is 88.0 Å². The van der Waals surface area contributed by atoms with E-state index in [1.54, 1.807) is 12.1 Å². The number of carbonyl (C=O) groups is 1. The van der Waals surface area contributed by atoms with Gasteiger partial charge in [0.15, 0.2) is 0 Å². The molecule has 0 radical (unpaired) electrons. The number of aldehydes is 1. The molecule has 15 heavy (non-hydrogen) atoms. The van der Waals surface area contributed by atoms with Gasteiger partial charge < -0.3 is 4.79 Å². The van der Waals surface area contributed by atoms with Crippen LogP contribution in [-0.4, -0.2) is 19.3 Å². The van der Waals surface area contributed by atoms with E-state index < -0.39 is 10.1 Å². The van der Waals surface area contributed by atoms with Crippen LogP contribution in [0.3, 0.4) is 0 Å². The van der Waals surface area contributed by atoms with E-state index in [2.05, 4.69) is 0 Å². The Morgan fingerprint density at radius 2 is 1.93 bits per heavy atom. The third-order valence-electron chi connectivity index (χ3n) is 1.73. The number of benzene rings is 1. The Bertz CT molecular complexity index is 474. The van der Waals surface area contributed by atoms with E-state index in [1.165, 1.54) is 24.3 Å². The minimum absolute atomic E-state index is 0.160. The maximum Gasteiger partial charge on any atom is 0.295 e. The van der Waals surface area contributed by atoms with Crippen molar-refractivity contribution in [1.29, 1.82) is 0 Å². The molecule has 0 spiro atoms. The molecule has 0 atom stereocenters. The van der Waals surface area contributed by atoms with Gasteiger partial charge in [-0.1, -0.05) is 30.4 Å². The monoisotopic (exact) mass is 226 g/mol. The topological polar surface area (TPSA) is 71.4 Å². The molecule has 0 aliphatic heterocycles. The van der Waals surface area contributed by atoms with Crippen LogP contribution in [0.5, 0.6) is 0 Å². The number of carbonyl (C=O) groups excluding carboxylic acids is 1. The van der Waals surface area contributed by atoms with Gasteiger partial charge in [-0.25, -0.2) is 0 Å². The predicted molar refractivity (Wildman–Crippen MR) is 56.0 cm³/mol. The van der Waals surface area contributed by atoms with E-state index >= 15 is 0 Å². The van der Waals surface area contributed by atoms with Gasteiger partial charge in [0.05, 0.1) is 0 Å². The predicted octanol–water partition coefficient (Wildman–Crippen LogP) is 1.54. The highest BCUT2D eigenvalue weighted by Crippen LogP contribution is 2.16. The molecule has 5 heteroatoms. The van der Waals surface area contributed by atoms with Crippen LogP contribution in [-0.2, 0) is 14.9 Å². The summed E-state index contributed by atoms with van der Waals surface area (Å²) in [7, 11) is -4.21. The van der Waals surface area contributed by atoms with Crippen molar-refractivity contribution in [2.45, 2.75) is 11.3 Å². The lowest BCUT2D eigenvalue weighted by atomic mass is 10.2. The van der Waals surface area contributed by atoms with E-state index in [9.17, 15) is 13.2 Å². The van der Waals surface area contributed by atoms with E-state index in [4.69, 9.17) is 4.55 Å². The normalized spacial score (nSPS) is 11.8. The summed E-state index contributed by atoms with van der Waals surface area (Å²) >= 11 is 0. The fourth-order valence-electron chi connectivity index (χ4n) is 1.10. The zero-order chi connectivity index (χ0) is 11.3. The average Bonchev–Trinajstić information content (AvgIpc) is 2.17. The molecule has 0 saturated carbocycles. The highest BCUT2D eigenvalue weighted by molar-refractivity contribution is 7.85. The summed E-state index contributed by atoms with van der Waals surface area (Å²) in [5.74, 6) is 0. The smallest absolute Gasteiger partial charge is 0.295 e. The van der Waals surface area contributed by atoms with Crippen LogP contribution in [0.25, 0.3) is 6.08 Å². The first-order valence-electron chi connectivity index (χ1n) is 4.22. The van der Waals surface area contributed by atoms with Gasteiger partial charge in [0.2, 0.25) is 0 Å². The first-order valence-corrected chi connectivity index (χ1v) is 5.66. The van der Waals surface area contributed by atoms with Crippen molar-refractivity contribution >= 4 is 22.5 Å². The van der Waals surface area contributed by atoms with Crippen LogP contribution in [0.15, 0.2) is 35.2 Å². The fraction of sp³-hybridized carbons (Fsp3) is 0.100. The minimum atomic E-state index is -4.21. The summed E-state index contributed by atoms with van der Waals surface area (Å²) in [5.41, 5.74) is 0.363. The second kappa shape index (κ2) is 4.86. The van der Waals surface area contributed by atoms with Gasteiger partial charge in [0, 0.05) is 6.42 Å². The molecule has 0 fully saturated rings. The van der Waals surface area contributed by atoms with Crippen LogP contribution in [0.4, 0.5) is 0 Å². The molecule has 0 amide bonds. The van der Waals surface area contributed by atoms with Crippen molar-refractivity contribution in [2.24, 2.45) is 0 Å². The first kappa shape index (κ1) is 11.6. The van der Waals surface area contributed by atoms with Crippen LogP contribution >= 0.6 is 0 Å². The molecule has 1 N–H and O–H groups in total. The second-order valence-corrected chi connectivity index (χ2v) is 4.21. The summed E-state index contributed by atoms with van der Waals surface area (Å²) in [6, 6.07) is 6.01. The molecule has 0 unspecified atom stereocenters. The van der Waals surface area contributed by atoms with Crippen LogP contribution in [0.2, 0.25) is 0 Å². The van der Waals surface area contributed by atoms with E-state index in [1.807, 2.05) is 0 Å². The Morgan fingerprint density at radius 3 is 2.53 bits per heavy atom. The molecule has 0 aliphatic carbocycles. The van der Waals surface area contributed by atoms with Crippen LogP contribution in [0.1, 0.15) is 12.0 Å². The zero-order valence-corrected chi connectivity index (χ0v) is 8.65. The summed E-state index contributed by atoms with van der Waals surface area (Å²) in [6.07, 6.45) is 3.92. The summed E-state index contributed by atoms with van der Waals surface area (Å²) in [6.45, 7) is 0. The van der Waals surface area contributed by atoms with Gasteiger partial charge in [-0.2, -0.15) is 8.42 Å². The molecule has 0 heterocycles. The molecule has 0 bridgehead atoms. The molecule has 0 aliphatic rings. The lowest BCUT2D eigenvalue weighted by Gasteiger charge is -2.01. The number of allylic oxidation sites excluding steroid dienone is 1. The zero-order valence-electron chi connectivity index (χ0n) is 7.83. The molecular weight excluding hydrogens is 216 g/mol. The second-order valence-electron chi connectivity index (χ2n) is 2.82. The molecular formula is C10H10O4S. The molecule has 4 nitrogen and oxygen atoms in total. The molecule has 1 aromatic carbocycles. The van der Waals surface area contributed by atoms with E-state index in [0.717, 1.165) is 0 Å². The van der Waals surface area contributed by atoms with Crippen molar-refractivity contribution in [2.75, 3.05) is 0 Å². The van der Waals surface area contributed by atoms with E-state index in [-0.39, 0.29) is 11.3 Å². The molecule has 0 aromatic heterocycles. The van der Waals surface area contributed by atoms with Crippen molar-refractivity contribution in [3.63, 3.8) is 0 Å². The standard InChI is InChI=1S/C10H10O4S/c11-8-4-3-6-9-5-1-2-7-10(9)15(12,13)14/h1-3,5-8H,4H2,(H,12,13,14). The quantitative estimate of drug-likeness (QED) is 0.624. The Morgan fingerprint density at radius 1 is 1.27 bits per heavy atom. The van der Waals surface area contributed by atoms with Crippen molar-refractivity contribution in [3.05, 3.63) is 35.9 Å². The number of hydrogen-bond acceptors (Lipinski definition) is 3. The summed E-state index contributed by atoms with van der Waals surface area (Å²) < 4.78 is 30.8. The Kier molecular flexibility index (Phi) is 3.76. The van der Waals surface area contributed by atoms with Crippen molar-refractivity contribution in [1.82, 2.24) is 0 Å². The number of rotatable bonds is 4. The van der Waals surface area contributed by atoms with Crippen LogP contribution in [0, 0.1) is 0 Å². The molecule has 80 valence electrons. The van der Waals surface area contributed by atoms with Crippen LogP contribution < -0.4 is 0 Å². The molecule has 1 aromatic rings. The minimum Gasteiger partial charge on any atom is -0.303 e. The third kappa shape index (κ3) is 3.30.